The number of nitrogens with zero attached hydrogens (tertiary/aromatic N) is 2. The lowest BCUT2D eigenvalue weighted by Gasteiger charge is -2.12. The highest BCUT2D eigenvalue weighted by Gasteiger charge is 2.23. The predicted molar refractivity (Wildman–Crippen MR) is 126 cm³/mol. The van der Waals surface area contributed by atoms with Crippen LogP contribution in [0.25, 0.3) is 32.8 Å². The standard InChI is InChI=1S/C28H20N2O/c1-2-10-20(11-3-1)26-18-31-28(30-26)25-17-21-12-5-7-15-23(21)27(29-25)24-16-8-13-19-9-4-6-14-22(19)24/h1-17,26H,18H2/t26-/m1/s1. The normalized spacial score (nSPS) is 15.7. The highest BCUT2D eigenvalue weighted by molar-refractivity contribution is 6.06. The molecule has 1 aliphatic rings. The second kappa shape index (κ2) is 7.37. The van der Waals surface area contributed by atoms with E-state index in [0.29, 0.717) is 12.5 Å². The Morgan fingerprint density at radius 2 is 1.39 bits per heavy atom. The van der Waals surface area contributed by atoms with Gasteiger partial charge in [0.2, 0.25) is 5.90 Å². The van der Waals surface area contributed by atoms with Crippen molar-refractivity contribution in [2.45, 2.75) is 6.04 Å². The molecule has 0 aliphatic carbocycles. The van der Waals surface area contributed by atoms with Gasteiger partial charge in [0.05, 0.1) is 5.69 Å². The van der Waals surface area contributed by atoms with Crippen molar-refractivity contribution in [2.24, 2.45) is 4.99 Å². The van der Waals surface area contributed by atoms with Gasteiger partial charge in [0, 0.05) is 10.9 Å². The van der Waals surface area contributed by atoms with Crippen molar-refractivity contribution in [3.8, 4) is 11.3 Å². The van der Waals surface area contributed by atoms with E-state index in [4.69, 9.17) is 14.7 Å². The topological polar surface area (TPSA) is 34.5 Å². The van der Waals surface area contributed by atoms with E-state index in [0.717, 1.165) is 33.3 Å². The van der Waals surface area contributed by atoms with Crippen LogP contribution in [0, 0.1) is 0 Å². The number of ether oxygens (including phenoxy) is 1. The lowest BCUT2D eigenvalue weighted by molar-refractivity contribution is 0.319. The first-order valence-electron chi connectivity index (χ1n) is 10.5. The quantitative estimate of drug-likeness (QED) is 0.343. The summed E-state index contributed by atoms with van der Waals surface area (Å²) in [5.41, 5.74) is 4.02. The average molecular weight is 400 g/mol. The van der Waals surface area contributed by atoms with Gasteiger partial charge in [-0.1, -0.05) is 97.1 Å². The lowest BCUT2D eigenvalue weighted by Crippen LogP contribution is -2.05. The van der Waals surface area contributed by atoms with Crippen molar-refractivity contribution in [1.82, 2.24) is 4.98 Å². The van der Waals surface area contributed by atoms with Gasteiger partial charge in [0.25, 0.3) is 0 Å². The first kappa shape index (κ1) is 17.8. The van der Waals surface area contributed by atoms with Crippen LogP contribution in [0.5, 0.6) is 0 Å². The number of benzene rings is 4. The zero-order chi connectivity index (χ0) is 20.6. The van der Waals surface area contributed by atoms with E-state index in [1.54, 1.807) is 0 Å². The van der Waals surface area contributed by atoms with Gasteiger partial charge >= 0.3 is 0 Å². The van der Waals surface area contributed by atoms with Crippen molar-refractivity contribution in [3.63, 3.8) is 0 Å². The molecule has 0 radical (unpaired) electrons. The maximum absolute atomic E-state index is 6.02. The third-order valence-corrected chi connectivity index (χ3v) is 5.84. The number of pyridine rings is 1. The summed E-state index contributed by atoms with van der Waals surface area (Å²) in [6.07, 6.45) is 0. The van der Waals surface area contributed by atoms with Crippen LogP contribution in [-0.2, 0) is 4.74 Å². The number of rotatable bonds is 3. The van der Waals surface area contributed by atoms with Crippen LogP contribution in [0.4, 0.5) is 0 Å². The van der Waals surface area contributed by atoms with Crippen molar-refractivity contribution in [1.29, 1.82) is 0 Å². The van der Waals surface area contributed by atoms with E-state index in [9.17, 15) is 0 Å². The van der Waals surface area contributed by atoms with E-state index < -0.39 is 0 Å². The van der Waals surface area contributed by atoms with Gasteiger partial charge in [0.1, 0.15) is 18.3 Å². The Labute approximate surface area is 180 Å². The zero-order valence-electron chi connectivity index (χ0n) is 16.9. The fourth-order valence-corrected chi connectivity index (χ4v) is 4.31. The summed E-state index contributed by atoms with van der Waals surface area (Å²) in [5.74, 6) is 0.612. The van der Waals surface area contributed by atoms with Crippen molar-refractivity contribution >= 4 is 27.4 Å². The van der Waals surface area contributed by atoms with Gasteiger partial charge < -0.3 is 4.74 Å². The molecule has 0 spiro atoms. The molecule has 3 heteroatoms. The van der Waals surface area contributed by atoms with Crippen LogP contribution in [0.3, 0.4) is 0 Å². The molecule has 0 N–H and O–H groups in total. The summed E-state index contributed by atoms with van der Waals surface area (Å²) in [5, 5.41) is 4.65. The molecule has 6 rings (SSSR count). The van der Waals surface area contributed by atoms with Gasteiger partial charge in [-0.05, 0) is 27.8 Å². The van der Waals surface area contributed by atoms with Gasteiger partial charge in [-0.3, -0.25) is 0 Å². The summed E-state index contributed by atoms with van der Waals surface area (Å²) in [4.78, 5) is 9.94. The Bertz CT molecular complexity index is 1430. The monoisotopic (exact) mass is 400 g/mol. The molecule has 0 unspecified atom stereocenters. The summed E-state index contributed by atoms with van der Waals surface area (Å²) >= 11 is 0. The van der Waals surface area contributed by atoms with Crippen LogP contribution in [0.2, 0.25) is 0 Å². The Morgan fingerprint density at radius 1 is 0.677 bits per heavy atom. The molecule has 0 saturated carbocycles. The van der Waals surface area contributed by atoms with Crippen LogP contribution in [-0.4, -0.2) is 17.5 Å². The molecule has 4 aromatic carbocycles. The fraction of sp³-hybridized carbons (Fsp3) is 0.0714. The first-order chi connectivity index (χ1) is 15.4. The number of aromatic nitrogens is 1. The molecule has 0 fully saturated rings. The van der Waals surface area contributed by atoms with Crippen LogP contribution >= 0.6 is 0 Å². The molecule has 1 aliphatic heterocycles. The van der Waals surface area contributed by atoms with E-state index in [-0.39, 0.29) is 6.04 Å². The Balaban J connectivity index is 1.54. The molecule has 1 atom stereocenters. The summed E-state index contributed by atoms with van der Waals surface area (Å²) < 4.78 is 6.02. The Morgan fingerprint density at radius 3 is 2.26 bits per heavy atom. The molecule has 5 aromatic rings. The molecular weight excluding hydrogens is 380 g/mol. The third-order valence-electron chi connectivity index (χ3n) is 5.84. The van der Waals surface area contributed by atoms with E-state index in [2.05, 4.69) is 84.9 Å². The number of hydrogen-bond acceptors (Lipinski definition) is 3. The lowest BCUT2D eigenvalue weighted by atomic mass is 9.97. The van der Waals surface area contributed by atoms with Gasteiger partial charge in [0.15, 0.2) is 0 Å². The molecule has 3 nitrogen and oxygen atoms in total. The summed E-state index contributed by atoms with van der Waals surface area (Å²) in [6.45, 7) is 0.539. The molecule has 2 heterocycles. The largest absolute Gasteiger partial charge is 0.474 e. The minimum absolute atomic E-state index is 0.00507. The van der Waals surface area contributed by atoms with Crippen LogP contribution < -0.4 is 0 Å². The highest BCUT2D eigenvalue weighted by Crippen LogP contribution is 2.34. The van der Waals surface area contributed by atoms with E-state index >= 15 is 0 Å². The maximum Gasteiger partial charge on any atom is 0.236 e. The average Bonchev–Trinajstić information content (AvgIpc) is 3.34. The molecule has 148 valence electrons. The minimum atomic E-state index is 0.00507. The van der Waals surface area contributed by atoms with Crippen molar-refractivity contribution < 1.29 is 4.74 Å². The molecule has 0 amide bonds. The number of hydrogen-bond donors (Lipinski definition) is 0. The Hall–Kier alpha value is -3.98. The molecule has 1 aromatic heterocycles. The number of fused-ring (bicyclic) bond motifs is 2. The van der Waals surface area contributed by atoms with Crippen molar-refractivity contribution in [3.05, 3.63) is 114 Å². The SMILES string of the molecule is c1ccc([C@H]2COC(c3cc4ccccc4c(-c4cccc5ccccc45)n3)=N2)cc1. The summed E-state index contributed by atoms with van der Waals surface area (Å²) in [7, 11) is 0. The maximum atomic E-state index is 6.02. The van der Waals surface area contributed by atoms with Crippen LogP contribution in [0.15, 0.2) is 108 Å². The number of aliphatic imine (C=N–C) groups is 1. The minimum Gasteiger partial charge on any atom is -0.474 e. The second-order valence-corrected chi connectivity index (χ2v) is 7.78. The van der Waals surface area contributed by atoms with E-state index in [1.165, 1.54) is 10.8 Å². The molecule has 0 bridgehead atoms. The van der Waals surface area contributed by atoms with Gasteiger partial charge in [-0.15, -0.1) is 0 Å². The summed E-state index contributed by atoms with van der Waals surface area (Å²) in [6, 6.07) is 35.6. The molecular formula is C28H20N2O. The highest BCUT2D eigenvalue weighted by atomic mass is 16.5. The van der Waals surface area contributed by atoms with E-state index in [1.807, 2.05) is 18.2 Å². The third kappa shape index (κ3) is 3.15. The molecule has 31 heavy (non-hydrogen) atoms. The van der Waals surface area contributed by atoms with Crippen LogP contribution in [0.1, 0.15) is 17.3 Å². The van der Waals surface area contributed by atoms with Crippen molar-refractivity contribution in [2.75, 3.05) is 6.61 Å². The van der Waals surface area contributed by atoms with Gasteiger partial charge in [-0.25, -0.2) is 9.98 Å². The Kier molecular flexibility index (Phi) is 4.24. The second-order valence-electron chi connectivity index (χ2n) is 7.78. The zero-order valence-corrected chi connectivity index (χ0v) is 16.9. The molecule has 0 saturated heterocycles. The first-order valence-corrected chi connectivity index (χ1v) is 10.5. The van der Waals surface area contributed by atoms with Gasteiger partial charge in [-0.2, -0.15) is 0 Å². The smallest absolute Gasteiger partial charge is 0.236 e. The fourth-order valence-electron chi connectivity index (χ4n) is 4.31. The predicted octanol–water partition coefficient (Wildman–Crippen LogP) is 6.57.